The molecule has 2 aromatic rings. The van der Waals surface area contributed by atoms with Gasteiger partial charge in [0, 0.05) is 17.8 Å². The van der Waals surface area contributed by atoms with Crippen LogP contribution in [0.25, 0.3) is 0 Å². The van der Waals surface area contributed by atoms with Crippen molar-refractivity contribution >= 4 is 17.5 Å². The maximum Gasteiger partial charge on any atom is 0.416 e. The number of carboxylic acids is 1. The van der Waals surface area contributed by atoms with Crippen LogP contribution in [-0.4, -0.2) is 45.8 Å². The molecule has 0 radical (unpaired) electrons. The maximum atomic E-state index is 12.6. The quantitative estimate of drug-likeness (QED) is 0.391. The second kappa shape index (κ2) is 9.96. The number of alkyl halides is 3. The second-order valence-electron chi connectivity index (χ2n) is 6.55. The minimum Gasteiger partial charge on any atom is -0.480 e. The number of rotatable bonds is 9. The van der Waals surface area contributed by atoms with Gasteiger partial charge in [0.1, 0.15) is 13.2 Å². The van der Waals surface area contributed by atoms with E-state index >= 15 is 0 Å². The van der Waals surface area contributed by atoms with Crippen LogP contribution in [0.1, 0.15) is 23.6 Å². The Morgan fingerprint density at radius 3 is 2.56 bits per heavy atom. The normalized spacial score (nSPS) is 14.1. The topological polar surface area (TPSA) is 121 Å². The van der Waals surface area contributed by atoms with Crippen LogP contribution in [0.5, 0.6) is 5.88 Å². The molecule has 0 amide bonds. The largest absolute Gasteiger partial charge is 0.480 e. The minimum absolute atomic E-state index is 0.0110. The van der Waals surface area contributed by atoms with Crippen molar-refractivity contribution in [3.8, 4) is 5.88 Å². The van der Waals surface area contributed by atoms with Crippen LogP contribution < -0.4 is 15.8 Å². The van der Waals surface area contributed by atoms with Crippen LogP contribution in [0.3, 0.4) is 0 Å². The summed E-state index contributed by atoms with van der Waals surface area (Å²) in [6.45, 7) is 1.40. The lowest BCUT2D eigenvalue weighted by Gasteiger charge is -2.16. The number of aromatic nitrogens is 1. The van der Waals surface area contributed by atoms with Crippen molar-refractivity contribution in [1.82, 2.24) is 21.1 Å². The number of nitrogens with zero attached hydrogens (tertiary/aromatic N) is 4. The van der Waals surface area contributed by atoms with E-state index in [1.165, 1.54) is 23.3 Å². The minimum atomic E-state index is -4.38. The van der Waals surface area contributed by atoms with Gasteiger partial charge in [-0.05, 0) is 30.7 Å². The maximum absolute atomic E-state index is 12.6. The number of carbonyl (C=O) groups is 1. The predicted molar refractivity (Wildman–Crippen MR) is 106 cm³/mol. The lowest BCUT2D eigenvalue weighted by molar-refractivity contribution is -0.138. The van der Waals surface area contributed by atoms with Crippen LogP contribution in [0, 0.1) is 0 Å². The van der Waals surface area contributed by atoms with E-state index in [9.17, 15) is 18.0 Å². The van der Waals surface area contributed by atoms with Gasteiger partial charge in [-0.25, -0.2) is 10.5 Å². The van der Waals surface area contributed by atoms with Gasteiger partial charge in [-0.15, -0.1) is 10.6 Å². The molecule has 32 heavy (non-hydrogen) atoms. The first kappa shape index (κ1) is 22.8. The van der Waals surface area contributed by atoms with Crippen molar-refractivity contribution in [2.45, 2.75) is 19.7 Å². The zero-order valence-electron chi connectivity index (χ0n) is 16.8. The van der Waals surface area contributed by atoms with Crippen LogP contribution in [0.4, 0.5) is 13.2 Å². The van der Waals surface area contributed by atoms with Gasteiger partial charge in [0.2, 0.25) is 5.88 Å². The number of benzene rings is 1. The van der Waals surface area contributed by atoms with Gasteiger partial charge in [0.05, 0.1) is 11.3 Å². The Bertz CT molecular complexity index is 994. The number of hydrogen-bond donors (Lipinski definition) is 3. The van der Waals surface area contributed by atoms with E-state index in [1.807, 2.05) is 0 Å². The van der Waals surface area contributed by atoms with E-state index in [-0.39, 0.29) is 25.6 Å². The summed E-state index contributed by atoms with van der Waals surface area (Å²) in [4.78, 5) is 20.2. The molecule has 13 heteroatoms. The molecule has 0 atom stereocenters. The Balaban J connectivity index is 1.49. The van der Waals surface area contributed by atoms with Crippen molar-refractivity contribution in [3.05, 3.63) is 59.3 Å². The van der Waals surface area contributed by atoms with Crippen LogP contribution in [-0.2, 0) is 22.4 Å². The summed E-state index contributed by atoms with van der Waals surface area (Å²) < 4.78 is 43.2. The summed E-state index contributed by atoms with van der Waals surface area (Å²) in [6, 6.07) is 7.94. The molecule has 0 fully saturated rings. The summed E-state index contributed by atoms with van der Waals surface area (Å²) in [6.07, 6.45) is -2.87. The molecule has 1 aromatic heterocycles. The third-order valence-corrected chi connectivity index (χ3v) is 4.19. The van der Waals surface area contributed by atoms with Crippen molar-refractivity contribution < 1.29 is 32.6 Å². The van der Waals surface area contributed by atoms with Crippen molar-refractivity contribution in [2.24, 2.45) is 10.3 Å². The van der Waals surface area contributed by atoms with Gasteiger partial charge in [0.25, 0.3) is 0 Å². The summed E-state index contributed by atoms with van der Waals surface area (Å²) in [7, 11) is 0. The third kappa shape index (κ3) is 6.31. The van der Waals surface area contributed by atoms with E-state index in [2.05, 4.69) is 26.3 Å². The average molecular weight is 452 g/mol. The van der Waals surface area contributed by atoms with Crippen molar-refractivity contribution in [2.75, 3.05) is 13.2 Å². The average Bonchev–Trinajstić information content (AvgIpc) is 3.18. The fourth-order valence-corrected chi connectivity index (χ4v) is 2.52. The number of aliphatic carboxylic acids is 1. The molecular formula is C19H19F3N6O4. The van der Waals surface area contributed by atoms with Gasteiger partial charge in [-0.1, -0.05) is 17.3 Å². The Morgan fingerprint density at radius 2 is 1.94 bits per heavy atom. The molecule has 0 aliphatic carbocycles. The number of ether oxygens (including phenoxy) is 1. The molecule has 170 valence electrons. The number of hydrogen-bond acceptors (Lipinski definition) is 9. The number of oxime groups is 1. The number of amidine groups is 1. The summed E-state index contributed by atoms with van der Waals surface area (Å²) in [5.41, 5.74) is 5.99. The first-order valence-corrected chi connectivity index (χ1v) is 9.21. The van der Waals surface area contributed by atoms with E-state index in [0.29, 0.717) is 22.7 Å². The SMILES string of the molecule is C/C(=N\OCc1ccc(C(F)(F)F)cc1)c1ccc(OCC2=NNNN2CC(=O)O)nc1. The van der Waals surface area contributed by atoms with E-state index in [0.717, 1.165) is 12.1 Å². The second-order valence-corrected chi connectivity index (χ2v) is 6.55. The first-order chi connectivity index (χ1) is 15.2. The molecule has 3 rings (SSSR count). The van der Waals surface area contributed by atoms with E-state index in [1.54, 1.807) is 19.1 Å². The molecule has 1 aliphatic heterocycles. The number of hydrazone groups is 1. The van der Waals surface area contributed by atoms with Crippen molar-refractivity contribution in [1.29, 1.82) is 0 Å². The molecular weight excluding hydrogens is 433 g/mol. The number of carboxylic acid groups (broad SMARTS) is 1. The van der Waals surface area contributed by atoms with Gasteiger partial charge in [0.15, 0.2) is 12.4 Å². The van der Waals surface area contributed by atoms with Gasteiger partial charge >= 0.3 is 12.1 Å². The lowest BCUT2D eigenvalue weighted by Crippen LogP contribution is -2.45. The third-order valence-electron chi connectivity index (χ3n) is 4.19. The van der Waals surface area contributed by atoms with E-state index < -0.39 is 17.7 Å². The Morgan fingerprint density at radius 1 is 1.19 bits per heavy atom. The number of hydrazine groups is 2. The fourth-order valence-electron chi connectivity index (χ4n) is 2.52. The van der Waals surface area contributed by atoms with Crippen LogP contribution in [0.15, 0.2) is 52.9 Å². The predicted octanol–water partition coefficient (Wildman–Crippen LogP) is 2.14. The monoisotopic (exact) mass is 452 g/mol. The van der Waals surface area contributed by atoms with Gasteiger partial charge < -0.3 is 14.7 Å². The molecule has 10 nitrogen and oxygen atoms in total. The first-order valence-electron chi connectivity index (χ1n) is 9.21. The molecule has 0 spiro atoms. The molecule has 0 saturated carbocycles. The zero-order valence-corrected chi connectivity index (χ0v) is 16.8. The highest BCUT2D eigenvalue weighted by atomic mass is 19.4. The molecule has 1 aromatic carbocycles. The van der Waals surface area contributed by atoms with Gasteiger partial charge in [-0.3, -0.25) is 9.80 Å². The molecule has 3 N–H and O–H groups in total. The lowest BCUT2D eigenvalue weighted by atomic mass is 10.1. The summed E-state index contributed by atoms with van der Waals surface area (Å²) >= 11 is 0. The molecule has 0 unspecified atom stereocenters. The smallest absolute Gasteiger partial charge is 0.416 e. The van der Waals surface area contributed by atoms with E-state index in [4.69, 9.17) is 14.7 Å². The standard InChI is InChI=1S/C19H19F3N6O4/c1-12(25-32-10-13-2-5-15(6-3-13)19(20,21)22)14-4-7-17(23-8-14)31-11-16-24-26-27-28(16)9-18(29)30/h2-8,26-27H,9-11H2,1H3,(H,29,30)/b25-12+. The number of nitrogens with one attached hydrogen (secondary N) is 2. The van der Waals surface area contributed by atoms with Crippen LogP contribution in [0.2, 0.25) is 0 Å². The van der Waals surface area contributed by atoms with Crippen molar-refractivity contribution in [3.63, 3.8) is 0 Å². The Hall–Kier alpha value is -3.87. The molecule has 1 aliphatic rings. The van der Waals surface area contributed by atoms with Gasteiger partial charge in [-0.2, -0.15) is 13.2 Å². The Kier molecular flexibility index (Phi) is 7.10. The fraction of sp³-hybridized carbons (Fsp3) is 0.263. The number of halogens is 3. The highest BCUT2D eigenvalue weighted by Crippen LogP contribution is 2.29. The van der Waals surface area contributed by atoms with Crippen LogP contribution >= 0.6 is 0 Å². The Labute approximate surface area is 180 Å². The molecule has 0 bridgehead atoms. The molecule has 2 heterocycles. The summed E-state index contributed by atoms with van der Waals surface area (Å²) in [5, 5.41) is 18.0. The highest BCUT2D eigenvalue weighted by Gasteiger charge is 2.29. The molecule has 0 saturated heterocycles. The highest BCUT2D eigenvalue weighted by molar-refractivity contribution is 5.98. The summed E-state index contributed by atoms with van der Waals surface area (Å²) in [5.74, 6) is -0.406. The zero-order chi connectivity index (χ0) is 23.1. The number of pyridine rings is 1.